The van der Waals surface area contributed by atoms with Gasteiger partial charge in [0, 0.05) is 12.1 Å². The normalized spacial score (nSPS) is 12.2. The number of hydrogen-bond donors (Lipinski definition) is 2. The van der Waals surface area contributed by atoms with E-state index in [1.165, 1.54) is 12.1 Å². The largest absolute Gasteiger partial charge is 0.397 e. The van der Waals surface area contributed by atoms with E-state index >= 15 is 0 Å². The summed E-state index contributed by atoms with van der Waals surface area (Å²) < 4.78 is 12.9. The molecule has 0 radical (unpaired) electrons. The summed E-state index contributed by atoms with van der Waals surface area (Å²) in [7, 11) is 0. The highest BCUT2D eigenvalue weighted by Gasteiger charge is 2.06. The van der Waals surface area contributed by atoms with Crippen LogP contribution < -0.4 is 11.1 Å². The third kappa shape index (κ3) is 2.39. The Morgan fingerprint density at radius 1 is 1.64 bits per heavy atom. The Hall–Kier alpha value is -1.22. The molecule has 3 N–H and O–H groups in total. The van der Waals surface area contributed by atoms with Gasteiger partial charge in [-0.05, 0) is 13.0 Å². The van der Waals surface area contributed by atoms with Crippen molar-refractivity contribution in [1.82, 2.24) is 0 Å². The van der Waals surface area contributed by atoms with Gasteiger partial charge in [-0.25, -0.2) is 4.39 Å². The van der Waals surface area contributed by atoms with Gasteiger partial charge in [0.25, 0.3) is 0 Å². The molecule has 1 rings (SSSR count). The lowest BCUT2D eigenvalue weighted by atomic mass is 10.2. The van der Waals surface area contributed by atoms with Gasteiger partial charge in [0.05, 0.1) is 16.4 Å². The van der Waals surface area contributed by atoms with Crippen LogP contribution in [0, 0.1) is 5.82 Å². The number of nitrogens with two attached hydrogens (primary N) is 1. The molecule has 0 saturated carbocycles. The molecule has 14 heavy (non-hydrogen) atoms. The highest BCUT2D eigenvalue weighted by Crippen LogP contribution is 2.26. The van der Waals surface area contributed by atoms with Gasteiger partial charge in [-0.15, -0.1) is 6.58 Å². The fraction of sp³-hybridized carbons (Fsp3) is 0.200. The Morgan fingerprint density at radius 3 is 2.86 bits per heavy atom. The zero-order valence-electron chi connectivity index (χ0n) is 7.85. The van der Waals surface area contributed by atoms with Crippen LogP contribution in [0.25, 0.3) is 0 Å². The maximum Gasteiger partial charge on any atom is 0.143 e. The molecule has 0 fully saturated rings. The van der Waals surface area contributed by atoms with Crippen LogP contribution in [0.4, 0.5) is 15.8 Å². The van der Waals surface area contributed by atoms with Crippen LogP contribution >= 0.6 is 11.6 Å². The molecule has 0 aliphatic carbocycles. The first kappa shape index (κ1) is 10.9. The molecule has 1 unspecified atom stereocenters. The molecular weight excluding hydrogens is 203 g/mol. The number of benzene rings is 1. The van der Waals surface area contributed by atoms with Crippen molar-refractivity contribution in [2.75, 3.05) is 11.1 Å². The van der Waals surface area contributed by atoms with Crippen LogP contribution in [-0.4, -0.2) is 6.04 Å². The SMILES string of the molecule is C=CC(C)Nc1cc(Cl)c(F)cc1N. The van der Waals surface area contributed by atoms with Gasteiger partial charge in [0.15, 0.2) is 0 Å². The van der Waals surface area contributed by atoms with Crippen molar-refractivity contribution < 1.29 is 4.39 Å². The number of nitrogen functional groups attached to an aromatic ring is 1. The third-order valence-corrected chi connectivity index (χ3v) is 2.12. The van der Waals surface area contributed by atoms with Crippen molar-refractivity contribution in [3.8, 4) is 0 Å². The summed E-state index contributed by atoms with van der Waals surface area (Å²) in [4.78, 5) is 0. The van der Waals surface area contributed by atoms with Gasteiger partial charge < -0.3 is 11.1 Å². The predicted molar refractivity (Wildman–Crippen MR) is 59.1 cm³/mol. The summed E-state index contributed by atoms with van der Waals surface area (Å²) in [5.74, 6) is -0.513. The van der Waals surface area contributed by atoms with Crippen LogP contribution in [0.2, 0.25) is 5.02 Å². The monoisotopic (exact) mass is 214 g/mol. The molecule has 1 atom stereocenters. The van der Waals surface area contributed by atoms with E-state index in [0.717, 1.165) is 0 Å². The van der Waals surface area contributed by atoms with E-state index in [-0.39, 0.29) is 11.1 Å². The molecule has 0 heterocycles. The first-order valence-electron chi connectivity index (χ1n) is 4.18. The summed E-state index contributed by atoms with van der Waals surface area (Å²) >= 11 is 5.62. The molecule has 1 aromatic rings. The number of hydrogen-bond acceptors (Lipinski definition) is 2. The minimum absolute atomic E-state index is 0.0537. The van der Waals surface area contributed by atoms with Crippen LogP contribution in [-0.2, 0) is 0 Å². The molecule has 76 valence electrons. The van der Waals surface area contributed by atoms with Crippen molar-refractivity contribution in [2.24, 2.45) is 0 Å². The van der Waals surface area contributed by atoms with E-state index in [1.807, 2.05) is 6.92 Å². The Bertz CT molecular complexity index is 352. The molecule has 0 spiro atoms. The zero-order valence-corrected chi connectivity index (χ0v) is 8.61. The number of rotatable bonds is 3. The minimum Gasteiger partial charge on any atom is -0.397 e. The second kappa shape index (κ2) is 4.33. The summed E-state index contributed by atoms with van der Waals surface area (Å²) in [5.41, 5.74) is 6.55. The number of nitrogens with one attached hydrogen (secondary N) is 1. The van der Waals surface area contributed by atoms with E-state index in [1.54, 1.807) is 6.08 Å². The van der Waals surface area contributed by atoms with E-state index in [0.29, 0.717) is 11.4 Å². The molecular formula is C10H12ClFN2. The minimum atomic E-state index is -0.513. The zero-order chi connectivity index (χ0) is 10.7. The fourth-order valence-corrected chi connectivity index (χ4v) is 1.16. The highest BCUT2D eigenvalue weighted by atomic mass is 35.5. The second-order valence-corrected chi connectivity index (χ2v) is 3.43. The molecule has 0 aromatic heterocycles. The van der Waals surface area contributed by atoms with E-state index in [9.17, 15) is 4.39 Å². The van der Waals surface area contributed by atoms with Crippen LogP contribution in [0.5, 0.6) is 0 Å². The molecule has 4 heteroatoms. The van der Waals surface area contributed by atoms with Gasteiger partial charge in [-0.2, -0.15) is 0 Å². The van der Waals surface area contributed by atoms with Gasteiger partial charge >= 0.3 is 0 Å². The van der Waals surface area contributed by atoms with Crippen LogP contribution in [0.15, 0.2) is 24.8 Å². The number of halogens is 2. The Labute approximate surface area is 87.6 Å². The summed E-state index contributed by atoms with van der Waals surface area (Å²) in [5, 5.41) is 3.09. The van der Waals surface area contributed by atoms with Crippen molar-refractivity contribution in [2.45, 2.75) is 13.0 Å². The maximum absolute atomic E-state index is 12.9. The standard InChI is InChI=1S/C10H12ClFN2/c1-3-6(2)14-10-4-7(11)8(12)5-9(10)13/h3-6,14H,1,13H2,2H3. The first-order valence-corrected chi connectivity index (χ1v) is 4.56. The van der Waals surface area contributed by atoms with E-state index in [4.69, 9.17) is 17.3 Å². The van der Waals surface area contributed by atoms with Crippen molar-refractivity contribution >= 4 is 23.0 Å². The lowest BCUT2D eigenvalue weighted by Crippen LogP contribution is -2.12. The topological polar surface area (TPSA) is 38.0 Å². The van der Waals surface area contributed by atoms with Gasteiger partial charge in [0.1, 0.15) is 5.82 Å². The Kier molecular flexibility index (Phi) is 3.36. The highest BCUT2D eigenvalue weighted by molar-refractivity contribution is 6.31. The molecule has 0 saturated heterocycles. The molecule has 0 amide bonds. The summed E-state index contributed by atoms with van der Waals surface area (Å²) in [6.07, 6.45) is 1.72. The van der Waals surface area contributed by atoms with Gasteiger partial charge in [0.2, 0.25) is 0 Å². The molecule has 0 aliphatic heterocycles. The van der Waals surface area contributed by atoms with Crippen LogP contribution in [0.3, 0.4) is 0 Å². The fourth-order valence-electron chi connectivity index (χ4n) is 0.991. The predicted octanol–water partition coefficient (Wildman–Crippen LogP) is 3.05. The van der Waals surface area contributed by atoms with E-state index < -0.39 is 5.82 Å². The summed E-state index contributed by atoms with van der Waals surface area (Å²) in [6.45, 7) is 5.52. The smallest absolute Gasteiger partial charge is 0.143 e. The third-order valence-electron chi connectivity index (χ3n) is 1.83. The lowest BCUT2D eigenvalue weighted by Gasteiger charge is -2.13. The maximum atomic E-state index is 12.9. The lowest BCUT2D eigenvalue weighted by molar-refractivity contribution is 0.629. The molecule has 0 aliphatic rings. The van der Waals surface area contributed by atoms with Crippen LogP contribution in [0.1, 0.15) is 6.92 Å². The average Bonchev–Trinajstić information content (AvgIpc) is 2.14. The van der Waals surface area contributed by atoms with Crippen molar-refractivity contribution in [3.05, 3.63) is 35.6 Å². The van der Waals surface area contributed by atoms with Crippen molar-refractivity contribution in [1.29, 1.82) is 0 Å². The van der Waals surface area contributed by atoms with Crippen molar-refractivity contribution in [3.63, 3.8) is 0 Å². The second-order valence-electron chi connectivity index (χ2n) is 3.02. The Morgan fingerprint density at radius 2 is 2.29 bits per heavy atom. The molecule has 2 nitrogen and oxygen atoms in total. The number of anilines is 2. The molecule has 0 bridgehead atoms. The van der Waals surface area contributed by atoms with Gasteiger partial charge in [-0.1, -0.05) is 17.7 Å². The summed E-state index contributed by atoms with van der Waals surface area (Å²) in [6, 6.07) is 2.71. The average molecular weight is 215 g/mol. The van der Waals surface area contributed by atoms with Gasteiger partial charge in [-0.3, -0.25) is 0 Å². The molecule has 1 aromatic carbocycles. The quantitative estimate of drug-likeness (QED) is 0.600. The first-order chi connectivity index (χ1) is 6.54. The Balaban J connectivity index is 2.97. The van der Waals surface area contributed by atoms with E-state index in [2.05, 4.69) is 11.9 Å².